The van der Waals surface area contributed by atoms with Gasteiger partial charge < -0.3 is 10.0 Å². The van der Waals surface area contributed by atoms with E-state index in [1.807, 2.05) is 53.4 Å². The van der Waals surface area contributed by atoms with Crippen LogP contribution in [0, 0.1) is 0 Å². The average Bonchev–Trinajstić information content (AvgIpc) is 3.32. The van der Waals surface area contributed by atoms with Gasteiger partial charge in [0.2, 0.25) is 5.91 Å². The topological polar surface area (TPSA) is 91.8 Å². The summed E-state index contributed by atoms with van der Waals surface area (Å²) in [7, 11) is 1.79. The third-order valence-corrected chi connectivity index (χ3v) is 5.78. The summed E-state index contributed by atoms with van der Waals surface area (Å²) in [6.45, 7) is 0.765. The number of likely N-dealkylation sites (N-methyl/N-ethyl adjacent to an activating group) is 1. The molecule has 2 heterocycles. The molecule has 31 heavy (non-hydrogen) atoms. The Hall–Kier alpha value is -2.94. The highest BCUT2D eigenvalue weighted by Gasteiger charge is 2.36. The van der Waals surface area contributed by atoms with Crippen molar-refractivity contribution in [1.29, 1.82) is 0 Å². The molecule has 4 rings (SSSR count). The lowest BCUT2D eigenvalue weighted by Gasteiger charge is -2.26. The number of anilines is 1. The molecule has 8 nitrogen and oxygen atoms in total. The van der Waals surface area contributed by atoms with Crippen molar-refractivity contribution < 1.29 is 14.4 Å². The van der Waals surface area contributed by atoms with Crippen molar-refractivity contribution in [2.45, 2.75) is 25.1 Å². The maximum Gasteiger partial charge on any atom is 0.441 e. The van der Waals surface area contributed by atoms with Crippen molar-refractivity contribution in [3.8, 4) is 11.4 Å². The van der Waals surface area contributed by atoms with Crippen LogP contribution in [0.3, 0.4) is 0 Å². The Morgan fingerprint density at radius 3 is 2.65 bits per heavy atom. The van der Waals surface area contributed by atoms with Gasteiger partial charge in [-0.15, -0.1) is 0 Å². The van der Waals surface area contributed by atoms with E-state index in [1.54, 1.807) is 18.0 Å². The number of amides is 1. The van der Waals surface area contributed by atoms with E-state index in [1.165, 1.54) is 4.57 Å². The van der Waals surface area contributed by atoms with Crippen LogP contribution in [0.15, 0.2) is 63.9 Å². The predicted octanol–water partition coefficient (Wildman–Crippen LogP) is 2.25. The number of carbonyl (C=O) groups excluding carboxylic acids is 1. The average molecular weight is 443 g/mol. The van der Waals surface area contributed by atoms with E-state index in [-0.39, 0.29) is 25.0 Å². The molecule has 1 aliphatic rings. The van der Waals surface area contributed by atoms with Gasteiger partial charge in [-0.1, -0.05) is 59.2 Å². The molecule has 2 aromatic carbocycles. The molecule has 1 N–H and O–H groups in total. The van der Waals surface area contributed by atoms with Crippen molar-refractivity contribution in [2.75, 3.05) is 25.0 Å². The van der Waals surface area contributed by atoms with E-state index in [9.17, 15) is 14.7 Å². The third kappa shape index (κ3) is 4.41. The van der Waals surface area contributed by atoms with Gasteiger partial charge in [-0.3, -0.25) is 18.8 Å². The summed E-state index contributed by atoms with van der Waals surface area (Å²) in [5, 5.41) is 15.0. The highest BCUT2D eigenvalue weighted by molar-refractivity contribution is 6.33. The van der Waals surface area contributed by atoms with Crippen LogP contribution >= 0.6 is 11.6 Å². The van der Waals surface area contributed by atoms with Crippen molar-refractivity contribution in [3.05, 3.63) is 70.2 Å². The van der Waals surface area contributed by atoms with Crippen LogP contribution in [0.4, 0.5) is 5.69 Å². The highest BCUT2D eigenvalue weighted by atomic mass is 35.5. The second-order valence-electron chi connectivity index (χ2n) is 7.59. The van der Waals surface area contributed by atoms with Gasteiger partial charge in [-0.2, -0.15) is 0 Å². The van der Waals surface area contributed by atoms with E-state index in [0.717, 1.165) is 5.56 Å². The lowest BCUT2D eigenvalue weighted by molar-refractivity contribution is -0.121. The second kappa shape index (κ2) is 9.05. The number of aliphatic hydroxyl groups excluding tert-OH is 1. The summed E-state index contributed by atoms with van der Waals surface area (Å²) in [6.07, 6.45) is -0.276. The Morgan fingerprint density at radius 2 is 1.90 bits per heavy atom. The number of aliphatic hydroxyl groups is 1. The molecule has 2 atom stereocenters. The number of aromatic nitrogens is 2. The lowest BCUT2D eigenvalue weighted by Crippen LogP contribution is -2.44. The molecule has 1 saturated heterocycles. The van der Waals surface area contributed by atoms with E-state index in [4.69, 9.17) is 16.1 Å². The summed E-state index contributed by atoms with van der Waals surface area (Å²) >= 11 is 6.25. The normalized spacial score (nSPS) is 17.5. The molecule has 0 aliphatic carbocycles. The van der Waals surface area contributed by atoms with Crippen LogP contribution in [0.2, 0.25) is 5.02 Å². The van der Waals surface area contributed by atoms with E-state index < -0.39 is 11.9 Å². The number of nitrogens with zero attached hydrogens (tertiary/aromatic N) is 4. The zero-order valence-electron chi connectivity index (χ0n) is 17.0. The van der Waals surface area contributed by atoms with E-state index >= 15 is 0 Å². The summed E-state index contributed by atoms with van der Waals surface area (Å²) in [4.78, 5) is 28.6. The minimum atomic E-state index is -0.897. The van der Waals surface area contributed by atoms with Crippen LogP contribution in [-0.2, 0) is 11.3 Å². The van der Waals surface area contributed by atoms with Crippen molar-refractivity contribution in [2.24, 2.45) is 0 Å². The third-order valence-electron chi connectivity index (χ3n) is 5.46. The van der Waals surface area contributed by atoms with Gasteiger partial charge in [0, 0.05) is 18.7 Å². The molecule has 3 aromatic rings. The Morgan fingerprint density at radius 1 is 1.19 bits per heavy atom. The minimum Gasteiger partial charge on any atom is -0.390 e. The first-order valence-corrected chi connectivity index (χ1v) is 10.4. The first kappa shape index (κ1) is 21.3. The lowest BCUT2D eigenvalue weighted by atomic mass is 10.2. The monoisotopic (exact) mass is 442 g/mol. The number of benzene rings is 2. The molecule has 2 unspecified atom stereocenters. The number of halogens is 1. The largest absolute Gasteiger partial charge is 0.441 e. The minimum absolute atomic E-state index is 0.00599. The van der Waals surface area contributed by atoms with E-state index in [2.05, 4.69) is 5.16 Å². The van der Waals surface area contributed by atoms with Crippen LogP contribution in [-0.4, -0.2) is 57.9 Å². The van der Waals surface area contributed by atoms with Crippen molar-refractivity contribution in [3.63, 3.8) is 0 Å². The fourth-order valence-electron chi connectivity index (χ4n) is 3.94. The number of carbonyl (C=O) groups is 1. The molecule has 0 radical (unpaired) electrons. The predicted molar refractivity (Wildman–Crippen MR) is 117 cm³/mol. The van der Waals surface area contributed by atoms with Gasteiger partial charge >= 0.3 is 5.76 Å². The molecule has 1 fully saturated rings. The Kier molecular flexibility index (Phi) is 6.22. The number of hydrogen-bond acceptors (Lipinski definition) is 6. The van der Waals surface area contributed by atoms with Gasteiger partial charge in [0.1, 0.15) is 0 Å². The molecule has 9 heteroatoms. The summed E-state index contributed by atoms with van der Waals surface area (Å²) in [5.41, 5.74) is 1.41. The maximum atomic E-state index is 13.0. The standard InChI is InChI=1S/C22H23ClN4O4/c1-25(19-11-12-26(21(19)29)18-10-6-5-9-17(18)23)13-16(28)14-27-20(24-31-22(27)30)15-7-3-2-4-8-15/h2-10,16,19,28H,11-14H2,1H3. The van der Waals surface area contributed by atoms with Crippen LogP contribution in [0.1, 0.15) is 6.42 Å². The Bertz CT molecular complexity index is 1110. The van der Waals surface area contributed by atoms with Gasteiger partial charge in [0.05, 0.1) is 29.4 Å². The number of para-hydroxylation sites is 1. The molecule has 1 amide bonds. The van der Waals surface area contributed by atoms with Gasteiger partial charge in [-0.25, -0.2) is 4.79 Å². The van der Waals surface area contributed by atoms with Gasteiger partial charge in [-0.05, 0) is 25.6 Å². The van der Waals surface area contributed by atoms with E-state index in [0.29, 0.717) is 29.5 Å². The fraction of sp³-hybridized carbons (Fsp3) is 0.318. The first-order valence-electron chi connectivity index (χ1n) is 10.0. The zero-order chi connectivity index (χ0) is 22.0. The fourth-order valence-corrected chi connectivity index (χ4v) is 4.17. The molecule has 1 aliphatic heterocycles. The van der Waals surface area contributed by atoms with Crippen LogP contribution in [0.25, 0.3) is 11.4 Å². The highest BCUT2D eigenvalue weighted by Crippen LogP contribution is 2.30. The molecule has 0 bridgehead atoms. The van der Waals surface area contributed by atoms with Gasteiger partial charge in [0.25, 0.3) is 0 Å². The Balaban J connectivity index is 1.43. The quantitative estimate of drug-likeness (QED) is 0.603. The molecule has 0 spiro atoms. The van der Waals surface area contributed by atoms with Crippen molar-refractivity contribution >= 4 is 23.2 Å². The van der Waals surface area contributed by atoms with Crippen LogP contribution in [0.5, 0.6) is 0 Å². The summed E-state index contributed by atoms with van der Waals surface area (Å²) in [6, 6.07) is 16.0. The molecular weight excluding hydrogens is 420 g/mol. The number of hydrogen-bond donors (Lipinski definition) is 1. The van der Waals surface area contributed by atoms with Gasteiger partial charge in [0.15, 0.2) is 5.82 Å². The molecular formula is C22H23ClN4O4. The second-order valence-corrected chi connectivity index (χ2v) is 8.00. The molecule has 0 saturated carbocycles. The summed E-state index contributed by atoms with van der Waals surface area (Å²) in [5.74, 6) is -0.341. The summed E-state index contributed by atoms with van der Waals surface area (Å²) < 4.78 is 6.11. The zero-order valence-corrected chi connectivity index (χ0v) is 17.8. The SMILES string of the molecule is CN(CC(O)Cn1c(-c2ccccc2)noc1=O)C1CCN(c2ccccc2Cl)C1=O. The molecule has 1 aromatic heterocycles. The number of rotatable bonds is 7. The van der Waals surface area contributed by atoms with Crippen molar-refractivity contribution in [1.82, 2.24) is 14.6 Å². The Labute approximate surface area is 184 Å². The maximum absolute atomic E-state index is 13.0. The molecule has 162 valence electrons. The smallest absolute Gasteiger partial charge is 0.390 e. The first-order chi connectivity index (χ1) is 15.0. The van der Waals surface area contributed by atoms with Crippen LogP contribution < -0.4 is 10.7 Å².